The van der Waals surface area contributed by atoms with E-state index in [0.717, 1.165) is 57.1 Å². The molecule has 1 aliphatic heterocycles. The minimum Gasteiger partial charge on any atom is -0.481 e. The lowest BCUT2D eigenvalue weighted by Crippen LogP contribution is -2.02. The molecule has 40 heavy (non-hydrogen) atoms. The van der Waals surface area contributed by atoms with Crippen molar-refractivity contribution < 1.29 is 19.8 Å². The molecule has 5 heterocycles. The maximum absolute atomic E-state index is 11.5. The van der Waals surface area contributed by atoms with Crippen LogP contribution in [0, 0.1) is 41.5 Å². The zero-order valence-corrected chi connectivity index (χ0v) is 24.4. The molecular formula is C32H40N4O4. The van der Waals surface area contributed by atoms with E-state index in [1.54, 1.807) is 0 Å². The van der Waals surface area contributed by atoms with Crippen molar-refractivity contribution in [3.8, 4) is 0 Å². The number of carboxylic acids is 2. The van der Waals surface area contributed by atoms with E-state index in [0.29, 0.717) is 32.1 Å². The van der Waals surface area contributed by atoms with Crippen molar-refractivity contribution in [3.63, 3.8) is 0 Å². The quantitative estimate of drug-likeness (QED) is 0.167. The summed E-state index contributed by atoms with van der Waals surface area (Å²) >= 11 is 0. The summed E-state index contributed by atoms with van der Waals surface area (Å²) in [5, 5.41) is 18.9. The van der Waals surface area contributed by atoms with Gasteiger partial charge in [-0.2, -0.15) is 0 Å². The van der Waals surface area contributed by atoms with Gasteiger partial charge in [0.25, 0.3) is 0 Å². The fourth-order valence-electron chi connectivity index (χ4n) is 6.37. The predicted octanol–water partition coefficient (Wildman–Crippen LogP) is 5.56. The minimum atomic E-state index is -0.808. The summed E-state index contributed by atoms with van der Waals surface area (Å²) in [6.45, 7) is 12.8. The summed E-state index contributed by atoms with van der Waals surface area (Å²) in [7, 11) is 0. The normalized spacial score (nSPS) is 13.2. The van der Waals surface area contributed by atoms with Crippen LogP contribution in [0.2, 0.25) is 0 Å². The Balaban J connectivity index is 1.69. The second-order valence-electron chi connectivity index (χ2n) is 11.5. The van der Waals surface area contributed by atoms with E-state index >= 15 is 0 Å². The van der Waals surface area contributed by atoms with E-state index in [2.05, 4.69) is 61.5 Å². The lowest BCUT2D eigenvalue weighted by molar-refractivity contribution is -0.138. The van der Waals surface area contributed by atoms with Crippen LogP contribution >= 0.6 is 0 Å². The number of carboxylic acid groups (broad SMARTS) is 2. The first-order valence-corrected chi connectivity index (χ1v) is 14.1. The first-order valence-electron chi connectivity index (χ1n) is 14.1. The molecule has 0 radical (unpaired) electrons. The molecule has 8 heteroatoms. The highest BCUT2D eigenvalue weighted by molar-refractivity contribution is 5.68. The van der Waals surface area contributed by atoms with Crippen molar-refractivity contribution in [3.05, 3.63) is 90.1 Å². The maximum atomic E-state index is 11.5. The van der Waals surface area contributed by atoms with E-state index in [4.69, 9.17) is 0 Å². The van der Waals surface area contributed by atoms with E-state index in [1.165, 1.54) is 39.3 Å². The molecule has 4 aromatic heterocycles. The molecule has 8 nitrogen and oxygen atoms in total. The fraction of sp³-hybridized carbons (Fsp3) is 0.438. The topological polar surface area (TPSA) is 138 Å². The van der Waals surface area contributed by atoms with E-state index in [-0.39, 0.29) is 12.8 Å². The van der Waals surface area contributed by atoms with Crippen LogP contribution in [0.1, 0.15) is 103 Å². The molecule has 6 N–H and O–H groups in total. The number of carbonyl (C=O) groups is 2. The van der Waals surface area contributed by atoms with Crippen molar-refractivity contribution in [2.75, 3.05) is 0 Å². The van der Waals surface area contributed by atoms with Crippen molar-refractivity contribution in [2.24, 2.45) is 0 Å². The van der Waals surface area contributed by atoms with Crippen molar-refractivity contribution in [2.45, 2.75) is 92.9 Å². The Morgan fingerprint density at radius 2 is 0.725 bits per heavy atom. The molecule has 0 fully saturated rings. The molecule has 0 spiro atoms. The maximum Gasteiger partial charge on any atom is 0.303 e. The molecular weight excluding hydrogens is 504 g/mol. The average molecular weight is 545 g/mol. The molecule has 1 aliphatic rings. The second-order valence-corrected chi connectivity index (χ2v) is 11.5. The molecule has 0 amide bonds. The number of rotatable bonds is 6. The van der Waals surface area contributed by atoms with Gasteiger partial charge in [0, 0.05) is 84.1 Å². The first-order chi connectivity index (χ1) is 18.9. The third-order valence-corrected chi connectivity index (χ3v) is 9.27. The summed E-state index contributed by atoms with van der Waals surface area (Å²) in [6.07, 6.45) is 3.82. The number of aliphatic carboxylic acids is 2. The van der Waals surface area contributed by atoms with Crippen LogP contribution in [0.25, 0.3) is 0 Å². The van der Waals surface area contributed by atoms with Crippen LogP contribution in [0.5, 0.6) is 0 Å². The van der Waals surface area contributed by atoms with Gasteiger partial charge < -0.3 is 30.1 Å². The van der Waals surface area contributed by atoms with Gasteiger partial charge in [0.05, 0.1) is 0 Å². The van der Waals surface area contributed by atoms with E-state index < -0.39 is 11.9 Å². The number of H-pyrrole nitrogens is 4. The van der Waals surface area contributed by atoms with Crippen molar-refractivity contribution >= 4 is 11.9 Å². The number of fused-ring (bicyclic) bond motifs is 8. The molecule has 0 saturated carbocycles. The van der Waals surface area contributed by atoms with Crippen molar-refractivity contribution in [1.82, 2.24) is 19.9 Å². The van der Waals surface area contributed by atoms with Gasteiger partial charge in [0.1, 0.15) is 0 Å². The van der Waals surface area contributed by atoms with Crippen molar-refractivity contribution in [1.29, 1.82) is 0 Å². The Morgan fingerprint density at radius 3 is 1.02 bits per heavy atom. The number of aromatic nitrogens is 4. The van der Waals surface area contributed by atoms with Crippen LogP contribution in [-0.4, -0.2) is 42.1 Å². The predicted molar refractivity (Wildman–Crippen MR) is 155 cm³/mol. The zero-order valence-electron chi connectivity index (χ0n) is 24.4. The van der Waals surface area contributed by atoms with Gasteiger partial charge >= 0.3 is 11.9 Å². The van der Waals surface area contributed by atoms with Crippen LogP contribution in [0.4, 0.5) is 0 Å². The SMILES string of the molecule is Cc1c2[nH]c(c1C)Cc1[nH]c(c(CCC(=O)O)c1C)Cc1[nH]c(c(CCC(=O)O)c1C)Cc1[nH]c(c(C)c1C)C2. The first kappa shape index (κ1) is 27.6. The minimum absolute atomic E-state index is 0.0717. The molecule has 0 saturated heterocycles. The second kappa shape index (κ2) is 10.6. The Kier molecular flexibility index (Phi) is 7.29. The van der Waals surface area contributed by atoms with Crippen LogP contribution in [0.3, 0.4) is 0 Å². The molecule has 5 rings (SSSR count). The van der Waals surface area contributed by atoms with Gasteiger partial charge in [0.2, 0.25) is 0 Å². The standard InChI is InChI=1S/C32H40N4O4/c1-15-16(2)25-12-27-19(5)21(7-9-31(37)38)30(35-27)14-28-20(6)22(8-10-32(39)40)29(36-28)13-26-18(4)17(3)24(34-26)11-23(15)33-25/h33-36H,7-14H2,1-6H3,(H,37,38)(H,39,40). The van der Waals surface area contributed by atoms with Gasteiger partial charge in [-0.05, 0) is 98.9 Å². The van der Waals surface area contributed by atoms with Gasteiger partial charge in [-0.15, -0.1) is 0 Å². The van der Waals surface area contributed by atoms with Gasteiger partial charge in [0.15, 0.2) is 0 Å². The van der Waals surface area contributed by atoms with Crippen LogP contribution in [-0.2, 0) is 48.1 Å². The Labute approximate surface area is 234 Å². The molecule has 8 bridgehead atoms. The lowest BCUT2D eigenvalue weighted by atomic mass is 9.98. The molecule has 4 aromatic rings. The number of hydrogen-bond acceptors (Lipinski definition) is 2. The summed E-state index contributed by atoms with van der Waals surface area (Å²) in [5.41, 5.74) is 18.3. The summed E-state index contributed by atoms with van der Waals surface area (Å²) in [5.74, 6) is -1.62. The highest BCUT2D eigenvalue weighted by Crippen LogP contribution is 2.32. The van der Waals surface area contributed by atoms with Gasteiger partial charge in [-0.25, -0.2) is 0 Å². The average Bonchev–Trinajstić information content (AvgIpc) is 3.53. The zero-order chi connectivity index (χ0) is 28.9. The number of hydrogen-bond donors (Lipinski definition) is 6. The molecule has 0 aromatic carbocycles. The summed E-state index contributed by atoms with van der Waals surface area (Å²) in [6, 6.07) is 0. The third kappa shape index (κ3) is 5.03. The van der Waals surface area contributed by atoms with Gasteiger partial charge in [-0.1, -0.05) is 0 Å². The summed E-state index contributed by atoms with van der Waals surface area (Å²) in [4.78, 5) is 37.8. The fourth-order valence-corrected chi connectivity index (χ4v) is 6.37. The highest BCUT2D eigenvalue weighted by Gasteiger charge is 2.23. The largest absolute Gasteiger partial charge is 0.481 e. The number of nitrogens with one attached hydrogen (secondary N) is 4. The van der Waals surface area contributed by atoms with Gasteiger partial charge in [-0.3, -0.25) is 9.59 Å². The summed E-state index contributed by atoms with van der Waals surface area (Å²) < 4.78 is 0. The Hall–Kier alpha value is -3.94. The smallest absolute Gasteiger partial charge is 0.303 e. The van der Waals surface area contributed by atoms with Crippen LogP contribution < -0.4 is 0 Å². The monoisotopic (exact) mass is 544 g/mol. The highest BCUT2D eigenvalue weighted by atomic mass is 16.4. The Morgan fingerprint density at radius 1 is 0.475 bits per heavy atom. The third-order valence-electron chi connectivity index (χ3n) is 9.27. The van der Waals surface area contributed by atoms with Crippen LogP contribution in [0.15, 0.2) is 0 Å². The molecule has 0 aliphatic carbocycles. The number of aromatic amines is 4. The van der Waals surface area contributed by atoms with E-state index in [9.17, 15) is 19.8 Å². The van der Waals surface area contributed by atoms with E-state index in [1.807, 2.05) is 0 Å². The Bertz CT molecular complexity index is 1610. The molecule has 0 atom stereocenters. The molecule has 0 unspecified atom stereocenters. The lowest BCUT2D eigenvalue weighted by Gasteiger charge is -2.06. The molecule has 212 valence electrons.